The first-order chi connectivity index (χ1) is 14.1. The fourth-order valence-electron chi connectivity index (χ4n) is 3.02. The van der Waals surface area contributed by atoms with E-state index in [1.165, 1.54) is 0 Å². The second-order valence-electron chi connectivity index (χ2n) is 7.04. The van der Waals surface area contributed by atoms with Crippen LogP contribution in [0.3, 0.4) is 0 Å². The molecule has 1 aliphatic rings. The summed E-state index contributed by atoms with van der Waals surface area (Å²) < 4.78 is 5.90. The number of carbonyl (C=O) groups excluding carboxylic acids is 1. The van der Waals surface area contributed by atoms with Gasteiger partial charge in [-0.1, -0.05) is 24.3 Å². The van der Waals surface area contributed by atoms with Gasteiger partial charge in [-0.25, -0.2) is 0 Å². The van der Waals surface area contributed by atoms with Gasteiger partial charge >= 0.3 is 0 Å². The highest BCUT2D eigenvalue weighted by atomic mass is 16.5. The second-order valence-corrected chi connectivity index (χ2v) is 7.04. The summed E-state index contributed by atoms with van der Waals surface area (Å²) in [5.41, 5.74) is 3.18. The zero-order valence-electron chi connectivity index (χ0n) is 16.2. The van der Waals surface area contributed by atoms with Crippen molar-refractivity contribution in [3.05, 3.63) is 77.8 Å². The Labute approximate surface area is 169 Å². The molecule has 4 rings (SSSR count). The predicted octanol–water partition coefficient (Wildman–Crippen LogP) is 4.48. The van der Waals surface area contributed by atoms with Crippen LogP contribution in [-0.2, 0) is 0 Å². The van der Waals surface area contributed by atoms with Crippen molar-refractivity contribution >= 4 is 29.1 Å². The standard InChI is InChI=1S/C23H22N4O2/c1-15(12-19(14-24-2)29-18-6-4-3-5-7-18)16-8-11-21-20(13-16)22(27-26-21)23(28)25-17-9-10-17/h3-8,11-14,17H,2,9-10H2,1H3,(H,25,28)(H,26,27)/b15-12+,19-14+. The lowest BCUT2D eigenvalue weighted by Gasteiger charge is -2.08. The molecule has 1 saturated carbocycles. The molecule has 0 atom stereocenters. The average Bonchev–Trinajstić information content (AvgIpc) is 3.43. The normalized spacial score (nSPS) is 14.7. The molecule has 1 fully saturated rings. The first kappa shape index (κ1) is 18.7. The van der Waals surface area contributed by atoms with E-state index < -0.39 is 0 Å². The quantitative estimate of drug-likeness (QED) is 0.357. The Hall–Kier alpha value is -3.67. The highest BCUT2D eigenvalue weighted by Gasteiger charge is 2.25. The molecule has 0 bridgehead atoms. The molecule has 0 saturated heterocycles. The number of ether oxygens (including phenoxy) is 1. The molecule has 3 aromatic rings. The van der Waals surface area contributed by atoms with E-state index in [1.54, 1.807) is 6.20 Å². The molecule has 6 heteroatoms. The summed E-state index contributed by atoms with van der Waals surface area (Å²) in [6.45, 7) is 5.51. The van der Waals surface area contributed by atoms with Gasteiger partial charge in [0.2, 0.25) is 0 Å². The van der Waals surface area contributed by atoms with Crippen LogP contribution in [0.25, 0.3) is 16.5 Å². The van der Waals surface area contributed by atoms with Crippen molar-refractivity contribution < 1.29 is 9.53 Å². The largest absolute Gasteiger partial charge is 0.456 e. The van der Waals surface area contributed by atoms with Crippen molar-refractivity contribution in [1.82, 2.24) is 15.5 Å². The maximum atomic E-state index is 12.5. The Balaban J connectivity index is 1.62. The van der Waals surface area contributed by atoms with E-state index in [9.17, 15) is 4.79 Å². The molecule has 1 amide bonds. The van der Waals surface area contributed by atoms with Gasteiger partial charge in [0.1, 0.15) is 11.5 Å². The van der Waals surface area contributed by atoms with Crippen LogP contribution in [0.1, 0.15) is 35.8 Å². The number of rotatable bonds is 7. The predicted molar refractivity (Wildman–Crippen MR) is 115 cm³/mol. The third-order valence-corrected chi connectivity index (χ3v) is 4.70. The molecule has 1 heterocycles. The molecular formula is C23H22N4O2. The summed E-state index contributed by atoms with van der Waals surface area (Å²) in [6.07, 6.45) is 5.54. The fourth-order valence-corrected chi connectivity index (χ4v) is 3.02. The van der Waals surface area contributed by atoms with Crippen LogP contribution in [0.5, 0.6) is 5.75 Å². The number of allylic oxidation sites excluding steroid dienone is 2. The van der Waals surface area contributed by atoms with E-state index in [4.69, 9.17) is 4.74 Å². The fraction of sp³-hybridized carbons (Fsp3) is 0.174. The minimum Gasteiger partial charge on any atom is -0.456 e. The Morgan fingerprint density at radius 3 is 2.79 bits per heavy atom. The lowest BCUT2D eigenvalue weighted by molar-refractivity contribution is 0.0947. The highest BCUT2D eigenvalue weighted by molar-refractivity contribution is 6.05. The van der Waals surface area contributed by atoms with Crippen LogP contribution in [0.4, 0.5) is 0 Å². The summed E-state index contributed by atoms with van der Waals surface area (Å²) in [5.74, 6) is 1.15. The monoisotopic (exact) mass is 386 g/mol. The number of nitrogens with one attached hydrogen (secondary N) is 2. The summed E-state index contributed by atoms with van der Waals surface area (Å²) in [5, 5.41) is 10.9. The molecular weight excluding hydrogens is 364 g/mol. The lowest BCUT2D eigenvalue weighted by atomic mass is 10.0. The number of hydrogen-bond acceptors (Lipinski definition) is 4. The van der Waals surface area contributed by atoms with Crippen molar-refractivity contribution in [2.75, 3.05) is 0 Å². The van der Waals surface area contributed by atoms with E-state index in [-0.39, 0.29) is 11.9 Å². The number of para-hydroxylation sites is 1. The van der Waals surface area contributed by atoms with Crippen LogP contribution in [0.2, 0.25) is 0 Å². The Morgan fingerprint density at radius 1 is 1.28 bits per heavy atom. The minimum atomic E-state index is -0.138. The Kier molecular flexibility index (Phi) is 5.24. The molecule has 29 heavy (non-hydrogen) atoms. The molecule has 2 aromatic carbocycles. The molecule has 1 aromatic heterocycles. The Bertz CT molecular complexity index is 1110. The van der Waals surface area contributed by atoms with Gasteiger partial charge in [-0.2, -0.15) is 5.10 Å². The van der Waals surface area contributed by atoms with Gasteiger partial charge in [0.25, 0.3) is 5.91 Å². The van der Waals surface area contributed by atoms with E-state index in [1.807, 2.05) is 61.5 Å². The first-order valence-electron chi connectivity index (χ1n) is 9.50. The second kappa shape index (κ2) is 8.14. The average molecular weight is 386 g/mol. The molecule has 1 aliphatic carbocycles. The first-order valence-corrected chi connectivity index (χ1v) is 9.50. The number of aromatic amines is 1. The van der Waals surface area contributed by atoms with Gasteiger partial charge in [-0.15, -0.1) is 0 Å². The molecule has 0 spiro atoms. The third kappa shape index (κ3) is 4.43. The van der Waals surface area contributed by atoms with E-state index >= 15 is 0 Å². The van der Waals surface area contributed by atoms with E-state index in [0.717, 1.165) is 40.6 Å². The molecule has 6 nitrogen and oxygen atoms in total. The minimum absolute atomic E-state index is 0.138. The summed E-state index contributed by atoms with van der Waals surface area (Å²) in [7, 11) is 0. The SMILES string of the molecule is C=N/C=C(\C=C(/C)c1ccc2[nH]nc(C(=O)NC3CC3)c2c1)Oc1ccccc1. The topological polar surface area (TPSA) is 79.4 Å². The maximum absolute atomic E-state index is 12.5. The van der Waals surface area contributed by atoms with Crippen LogP contribution >= 0.6 is 0 Å². The van der Waals surface area contributed by atoms with Gasteiger partial charge in [0.15, 0.2) is 5.69 Å². The van der Waals surface area contributed by atoms with Crippen molar-refractivity contribution in [2.45, 2.75) is 25.8 Å². The van der Waals surface area contributed by atoms with Crippen molar-refractivity contribution in [3.63, 3.8) is 0 Å². The van der Waals surface area contributed by atoms with E-state index in [0.29, 0.717) is 11.5 Å². The third-order valence-electron chi connectivity index (χ3n) is 4.70. The van der Waals surface area contributed by atoms with Gasteiger partial charge in [-0.05, 0) is 68.0 Å². The van der Waals surface area contributed by atoms with Crippen LogP contribution in [0, 0.1) is 0 Å². The lowest BCUT2D eigenvalue weighted by Crippen LogP contribution is -2.25. The molecule has 146 valence electrons. The number of hydrogen-bond donors (Lipinski definition) is 2. The maximum Gasteiger partial charge on any atom is 0.272 e. The number of aromatic nitrogens is 2. The summed E-state index contributed by atoms with van der Waals surface area (Å²) in [4.78, 5) is 16.3. The summed E-state index contributed by atoms with van der Waals surface area (Å²) in [6, 6.07) is 15.7. The molecule has 0 radical (unpaired) electrons. The van der Waals surface area contributed by atoms with Gasteiger partial charge in [0, 0.05) is 11.4 Å². The van der Waals surface area contributed by atoms with E-state index in [2.05, 4.69) is 27.2 Å². The van der Waals surface area contributed by atoms with Crippen LogP contribution < -0.4 is 10.1 Å². The summed E-state index contributed by atoms with van der Waals surface area (Å²) >= 11 is 0. The highest BCUT2D eigenvalue weighted by Crippen LogP contribution is 2.25. The number of carbonyl (C=O) groups is 1. The van der Waals surface area contributed by atoms with Gasteiger partial charge < -0.3 is 10.1 Å². The zero-order chi connectivity index (χ0) is 20.2. The number of aliphatic imine (C=N–C) groups is 1. The number of nitrogens with zero attached hydrogens (tertiary/aromatic N) is 2. The Morgan fingerprint density at radius 2 is 2.07 bits per heavy atom. The van der Waals surface area contributed by atoms with Gasteiger partial charge in [-0.3, -0.25) is 14.9 Å². The van der Waals surface area contributed by atoms with Crippen molar-refractivity contribution in [2.24, 2.45) is 4.99 Å². The molecule has 0 unspecified atom stereocenters. The zero-order valence-corrected chi connectivity index (χ0v) is 16.2. The van der Waals surface area contributed by atoms with Crippen molar-refractivity contribution in [3.8, 4) is 5.75 Å². The van der Waals surface area contributed by atoms with Gasteiger partial charge in [0.05, 0.1) is 11.7 Å². The number of benzene rings is 2. The molecule has 0 aliphatic heterocycles. The number of amides is 1. The van der Waals surface area contributed by atoms with Crippen molar-refractivity contribution in [1.29, 1.82) is 0 Å². The van der Waals surface area contributed by atoms with Crippen LogP contribution in [-0.4, -0.2) is 28.9 Å². The number of H-pyrrole nitrogens is 1. The number of fused-ring (bicyclic) bond motifs is 1. The smallest absolute Gasteiger partial charge is 0.272 e. The van der Waals surface area contributed by atoms with Crippen LogP contribution in [0.15, 0.2) is 71.6 Å². The molecule has 2 N–H and O–H groups in total.